The number of amides is 2. The van der Waals surface area contributed by atoms with Gasteiger partial charge in [0.1, 0.15) is 5.69 Å². The fraction of sp³-hybridized carbons (Fsp3) is 0.500. The van der Waals surface area contributed by atoms with Crippen LogP contribution in [-0.4, -0.2) is 37.9 Å². The van der Waals surface area contributed by atoms with Crippen LogP contribution in [0.25, 0.3) is 0 Å². The van der Waals surface area contributed by atoms with Gasteiger partial charge in [-0.3, -0.25) is 0 Å². The van der Waals surface area contributed by atoms with Crippen LogP contribution in [0.15, 0.2) is 18.3 Å². The van der Waals surface area contributed by atoms with Crippen LogP contribution in [0.3, 0.4) is 0 Å². The summed E-state index contributed by atoms with van der Waals surface area (Å²) in [6, 6.07) is 3.20. The number of methoxy groups -OCH3 is 1. The van der Waals surface area contributed by atoms with Gasteiger partial charge < -0.3 is 20.1 Å². The lowest BCUT2D eigenvalue weighted by atomic mass is 10.4. The minimum atomic E-state index is -0.278. The number of hydrogen-bond acceptors (Lipinski definition) is 4. The summed E-state index contributed by atoms with van der Waals surface area (Å²) in [5.41, 5.74) is 0.559. The molecule has 1 aromatic heterocycles. The number of rotatable bonds is 7. The Kier molecular flexibility index (Phi) is 6.56. The lowest BCUT2D eigenvalue weighted by Crippen LogP contribution is -2.30. The fourth-order valence-corrected chi connectivity index (χ4v) is 1.32. The molecule has 0 aliphatic rings. The number of carbonyl (C=O) groups is 1. The van der Waals surface area contributed by atoms with Crippen molar-refractivity contribution in [1.29, 1.82) is 0 Å². The van der Waals surface area contributed by atoms with Crippen LogP contribution in [0.5, 0.6) is 5.88 Å². The van der Waals surface area contributed by atoms with E-state index in [4.69, 9.17) is 9.47 Å². The topological polar surface area (TPSA) is 72.5 Å². The van der Waals surface area contributed by atoms with Crippen LogP contribution in [0.4, 0.5) is 10.5 Å². The largest absolute Gasteiger partial charge is 0.476 e. The summed E-state index contributed by atoms with van der Waals surface area (Å²) in [5.74, 6) is 0.423. The summed E-state index contributed by atoms with van der Waals surface area (Å²) >= 11 is 0. The predicted molar refractivity (Wildman–Crippen MR) is 68.9 cm³/mol. The van der Waals surface area contributed by atoms with Crippen LogP contribution in [0, 0.1) is 0 Å². The average molecular weight is 253 g/mol. The van der Waals surface area contributed by atoms with Crippen LogP contribution in [0.1, 0.15) is 13.3 Å². The number of hydrogen-bond donors (Lipinski definition) is 2. The van der Waals surface area contributed by atoms with E-state index in [2.05, 4.69) is 15.6 Å². The number of urea groups is 1. The highest BCUT2D eigenvalue weighted by Crippen LogP contribution is 2.19. The van der Waals surface area contributed by atoms with Crippen LogP contribution < -0.4 is 15.4 Å². The Morgan fingerprint density at radius 3 is 3.06 bits per heavy atom. The SMILES string of the molecule is CCOc1ncccc1NC(=O)NCCCOC. The van der Waals surface area contributed by atoms with Crippen molar-refractivity contribution in [3.05, 3.63) is 18.3 Å². The Bertz CT molecular complexity index is 371. The first-order valence-corrected chi connectivity index (χ1v) is 5.89. The number of ether oxygens (including phenoxy) is 2. The number of nitrogens with zero attached hydrogens (tertiary/aromatic N) is 1. The first-order valence-electron chi connectivity index (χ1n) is 5.89. The molecule has 1 rings (SSSR count). The van der Waals surface area contributed by atoms with Crippen molar-refractivity contribution in [1.82, 2.24) is 10.3 Å². The van der Waals surface area contributed by atoms with Gasteiger partial charge in [0.2, 0.25) is 5.88 Å². The Morgan fingerprint density at radius 2 is 2.33 bits per heavy atom. The molecule has 2 amide bonds. The van der Waals surface area contributed by atoms with Gasteiger partial charge in [0.05, 0.1) is 6.61 Å². The highest BCUT2D eigenvalue weighted by atomic mass is 16.5. The number of anilines is 1. The molecule has 0 aliphatic heterocycles. The van der Waals surface area contributed by atoms with E-state index < -0.39 is 0 Å². The van der Waals surface area contributed by atoms with Crippen molar-refractivity contribution in [3.63, 3.8) is 0 Å². The Morgan fingerprint density at radius 1 is 1.50 bits per heavy atom. The molecule has 0 bridgehead atoms. The summed E-state index contributed by atoms with van der Waals surface area (Å²) in [6.45, 7) is 3.55. The second-order valence-electron chi connectivity index (χ2n) is 3.52. The highest BCUT2D eigenvalue weighted by molar-refractivity contribution is 5.90. The van der Waals surface area contributed by atoms with Gasteiger partial charge in [-0.25, -0.2) is 9.78 Å². The molecule has 18 heavy (non-hydrogen) atoms. The maximum atomic E-state index is 11.6. The summed E-state index contributed by atoms with van der Waals surface area (Å²) in [7, 11) is 1.63. The van der Waals surface area contributed by atoms with E-state index in [-0.39, 0.29) is 6.03 Å². The molecular formula is C12H19N3O3. The molecule has 0 unspecified atom stereocenters. The zero-order valence-electron chi connectivity index (χ0n) is 10.7. The molecule has 1 aromatic rings. The quantitative estimate of drug-likeness (QED) is 0.724. The predicted octanol–water partition coefficient (Wildman–Crippen LogP) is 1.64. The van der Waals surface area contributed by atoms with Crippen LogP contribution in [-0.2, 0) is 4.74 Å². The van der Waals surface area contributed by atoms with E-state index in [0.717, 1.165) is 6.42 Å². The zero-order chi connectivity index (χ0) is 13.2. The number of carbonyl (C=O) groups excluding carboxylic acids is 1. The molecule has 0 spiro atoms. The van der Waals surface area contributed by atoms with E-state index in [0.29, 0.717) is 31.3 Å². The number of pyridine rings is 1. The van der Waals surface area contributed by atoms with E-state index >= 15 is 0 Å². The number of nitrogens with one attached hydrogen (secondary N) is 2. The molecule has 1 heterocycles. The monoisotopic (exact) mass is 253 g/mol. The van der Waals surface area contributed by atoms with Crippen molar-refractivity contribution < 1.29 is 14.3 Å². The van der Waals surface area contributed by atoms with Gasteiger partial charge in [-0.05, 0) is 25.5 Å². The molecule has 0 aromatic carbocycles. The number of aromatic nitrogens is 1. The summed E-state index contributed by atoms with van der Waals surface area (Å²) in [4.78, 5) is 15.6. The van der Waals surface area contributed by atoms with Crippen molar-refractivity contribution in [2.75, 3.05) is 32.2 Å². The Balaban J connectivity index is 2.43. The Labute approximate surface area is 107 Å². The smallest absolute Gasteiger partial charge is 0.319 e. The van der Waals surface area contributed by atoms with E-state index in [9.17, 15) is 4.79 Å². The maximum absolute atomic E-state index is 11.6. The normalized spacial score (nSPS) is 9.89. The van der Waals surface area contributed by atoms with Gasteiger partial charge in [0.25, 0.3) is 0 Å². The highest BCUT2D eigenvalue weighted by Gasteiger charge is 2.07. The van der Waals surface area contributed by atoms with E-state index in [1.165, 1.54) is 0 Å². The van der Waals surface area contributed by atoms with Gasteiger partial charge >= 0.3 is 6.03 Å². The van der Waals surface area contributed by atoms with Crippen molar-refractivity contribution in [2.24, 2.45) is 0 Å². The van der Waals surface area contributed by atoms with Gasteiger partial charge in [0, 0.05) is 26.5 Å². The maximum Gasteiger partial charge on any atom is 0.319 e. The lowest BCUT2D eigenvalue weighted by Gasteiger charge is -2.10. The third kappa shape index (κ3) is 5.01. The van der Waals surface area contributed by atoms with Crippen molar-refractivity contribution in [2.45, 2.75) is 13.3 Å². The fourth-order valence-electron chi connectivity index (χ4n) is 1.32. The molecule has 0 saturated heterocycles. The standard InChI is InChI=1S/C12H19N3O3/c1-3-18-11-10(6-4-7-13-11)15-12(16)14-8-5-9-17-2/h4,6-7H,3,5,8-9H2,1-2H3,(H2,14,15,16). The molecule has 6 nitrogen and oxygen atoms in total. The van der Waals surface area contributed by atoms with Crippen LogP contribution >= 0.6 is 0 Å². The first kappa shape index (κ1) is 14.2. The minimum absolute atomic E-state index is 0.278. The van der Waals surface area contributed by atoms with E-state index in [1.54, 1.807) is 25.4 Å². The Hall–Kier alpha value is -1.82. The van der Waals surface area contributed by atoms with Gasteiger partial charge in [-0.15, -0.1) is 0 Å². The van der Waals surface area contributed by atoms with Crippen molar-refractivity contribution >= 4 is 11.7 Å². The third-order valence-electron chi connectivity index (χ3n) is 2.11. The third-order valence-corrected chi connectivity index (χ3v) is 2.11. The molecule has 0 saturated carbocycles. The van der Waals surface area contributed by atoms with Crippen LogP contribution in [0.2, 0.25) is 0 Å². The molecule has 0 aliphatic carbocycles. The molecule has 0 atom stereocenters. The molecule has 2 N–H and O–H groups in total. The second-order valence-corrected chi connectivity index (χ2v) is 3.52. The molecule has 0 fully saturated rings. The van der Waals surface area contributed by atoms with Gasteiger partial charge in [-0.2, -0.15) is 0 Å². The second kappa shape index (κ2) is 8.30. The van der Waals surface area contributed by atoms with Crippen molar-refractivity contribution in [3.8, 4) is 5.88 Å². The lowest BCUT2D eigenvalue weighted by molar-refractivity contribution is 0.194. The molecular weight excluding hydrogens is 234 g/mol. The molecule has 100 valence electrons. The van der Waals surface area contributed by atoms with Gasteiger partial charge in [0.15, 0.2) is 0 Å². The molecule has 0 radical (unpaired) electrons. The molecule has 6 heteroatoms. The summed E-state index contributed by atoms with van der Waals surface area (Å²) in [6.07, 6.45) is 2.39. The van der Waals surface area contributed by atoms with E-state index in [1.807, 2.05) is 6.92 Å². The minimum Gasteiger partial charge on any atom is -0.476 e. The first-order chi connectivity index (χ1) is 8.77. The summed E-state index contributed by atoms with van der Waals surface area (Å²) in [5, 5.41) is 5.42. The zero-order valence-corrected chi connectivity index (χ0v) is 10.7. The summed E-state index contributed by atoms with van der Waals surface area (Å²) < 4.78 is 10.2. The average Bonchev–Trinajstić information content (AvgIpc) is 2.37. The van der Waals surface area contributed by atoms with Gasteiger partial charge in [-0.1, -0.05) is 0 Å².